The molecule has 0 aromatic heterocycles. The molecule has 0 saturated heterocycles. The first-order valence-corrected chi connectivity index (χ1v) is 8.47. The van der Waals surface area contributed by atoms with E-state index in [4.69, 9.17) is 0 Å². The van der Waals surface area contributed by atoms with Gasteiger partial charge < -0.3 is 5.32 Å². The topological polar surface area (TPSA) is 75.3 Å². The highest BCUT2D eigenvalue weighted by molar-refractivity contribution is 7.92. The van der Waals surface area contributed by atoms with Crippen LogP contribution in [0.4, 0.5) is 5.69 Å². The molecule has 0 atom stereocenters. The van der Waals surface area contributed by atoms with E-state index in [-0.39, 0.29) is 10.8 Å². The van der Waals surface area contributed by atoms with Crippen LogP contribution >= 0.6 is 0 Å². The van der Waals surface area contributed by atoms with Crippen LogP contribution in [0.5, 0.6) is 0 Å². The maximum absolute atomic E-state index is 12.3. The number of hydrogen-bond donors (Lipinski definition) is 2. The molecule has 116 valence electrons. The average molecular weight is 318 g/mol. The van der Waals surface area contributed by atoms with Gasteiger partial charge in [0.1, 0.15) is 0 Å². The highest BCUT2D eigenvalue weighted by Crippen LogP contribution is 2.16. The van der Waals surface area contributed by atoms with E-state index in [2.05, 4.69) is 10.0 Å². The van der Waals surface area contributed by atoms with E-state index < -0.39 is 10.0 Å². The maximum Gasteiger partial charge on any atom is 0.261 e. The predicted molar refractivity (Wildman–Crippen MR) is 86.3 cm³/mol. The Morgan fingerprint density at radius 3 is 2.45 bits per heavy atom. The van der Waals surface area contributed by atoms with Gasteiger partial charge in [-0.15, -0.1) is 0 Å². The summed E-state index contributed by atoms with van der Waals surface area (Å²) in [5, 5.41) is 2.72. The van der Waals surface area contributed by atoms with Gasteiger partial charge in [0.05, 0.1) is 4.90 Å². The molecule has 22 heavy (non-hydrogen) atoms. The molecule has 6 heteroatoms. The van der Waals surface area contributed by atoms with Crippen LogP contribution in [0.3, 0.4) is 0 Å². The van der Waals surface area contributed by atoms with Crippen molar-refractivity contribution < 1.29 is 13.2 Å². The van der Waals surface area contributed by atoms with Crippen LogP contribution in [-0.2, 0) is 10.0 Å². The SMILES string of the molecule is CCCNC(=O)c1cccc(S(=O)(=O)Nc2ccccc2)c1. The molecular weight excluding hydrogens is 300 g/mol. The normalized spacial score (nSPS) is 11.0. The van der Waals surface area contributed by atoms with Crippen molar-refractivity contribution >= 4 is 21.6 Å². The summed E-state index contributed by atoms with van der Waals surface area (Å²) in [6.07, 6.45) is 0.819. The lowest BCUT2D eigenvalue weighted by Gasteiger charge is -2.09. The minimum atomic E-state index is -3.72. The molecule has 0 saturated carbocycles. The molecule has 5 nitrogen and oxygen atoms in total. The van der Waals surface area contributed by atoms with Gasteiger partial charge in [-0.2, -0.15) is 0 Å². The lowest BCUT2D eigenvalue weighted by atomic mass is 10.2. The Balaban J connectivity index is 2.23. The molecule has 2 aromatic carbocycles. The van der Waals surface area contributed by atoms with Gasteiger partial charge >= 0.3 is 0 Å². The Morgan fingerprint density at radius 1 is 1.05 bits per heavy atom. The molecule has 1 amide bonds. The van der Waals surface area contributed by atoms with E-state index in [1.54, 1.807) is 42.5 Å². The quantitative estimate of drug-likeness (QED) is 0.859. The number of para-hydroxylation sites is 1. The van der Waals surface area contributed by atoms with Crippen molar-refractivity contribution in [1.29, 1.82) is 0 Å². The van der Waals surface area contributed by atoms with E-state index in [1.165, 1.54) is 12.1 Å². The van der Waals surface area contributed by atoms with Crippen molar-refractivity contribution in [3.05, 3.63) is 60.2 Å². The molecule has 2 N–H and O–H groups in total. The number of hydrogen-bond acceptors (Lipinski definition) is 3. The van der Waals surface area contributed by atoms with Gasteiger partial charge in [0, 0.05) is 17.8 Å². The first-order valence-electron chi connectivity index (χ1n) is 6.99. The molecule has 0 radical (unpaired) electrons. The molecule has 2 rings (SSSR count). The molecule has 2 aromatic rings. The third kappa shape index (κ3) is 4.08. The molecule has 0 bridgehead atoms. The smallest absolute Gasteiger partial charge is 0.261 e. The monoisotopic (exact) mass is 318 g/mol. The van der Waals surface area contributed by atoms with Gasteiger partial charge in [-0.3, -0.25) is 9.52 Å². The van der Waals surface area contributed by atoms with Crippen molar-refractivity contribution in [3.63, 3.8) is 0 Å². The molecule has 0 aliphatic carbocycles. The number of nitrogens with one attached hydrogen (secondary N) is 2. The number of carbonyl (C=O) groups excluding carboxylic acids is 1. The molecule has 0 aliphatic heterocycles. The number of benzene rings is 2. The van der Waals surface area contributed by atoms with Crippen LogP contribution in [0.25, 0.3) is 0 Å². The van der Waals surface area contributed by atoms with Crippen LogP contribution in [-0.4, -0.2) is 20.9 Å². The summed E-state index contributed by atoms with van der Waals surface area (Å²) in [6, 6.07) is 14.6. The van der Waals surface area contributed by atoms with E-state index >= 15 is 0 Å². The predicted octanol–water partition coefficient (Wildman–Crippen LogP) is 2.63. The van der Waals surface area contributed by atoms with Gasteiger partial charge in [0.15, 0.2) is 0 Å². The highest BCUT2D eigenvalue weighted by atomic mass is 32.2. The Bertz CT molecular complexity index is 743. The molecule has 0 aliphatic rings. The Kier molecular flexibility index (Phi) is 5.16. The Hall–Kier alpha value is -2.34. The summed E-state index contributed by atoms with van der Waals surface area (Å²) in [7, 11) is -3.72. The van der Waals surface area contributed by atoms with Crippen LogP contribution in [0.1, 0.15) is 23.7 Å². The lowest BCUT2D eigenvalue weighted by Crippen LogP contribution is -2.24. The molecular formula is C16H18N2O3S. The fourth-order valence-corrected chi connectivity index (χ4v) is 2.97. The number of anilines is 1. The largest absolute Gasteiger partial charge is 0.352 e. The number of amides is 1. The van der Waals surface area contributed by atoms with Gasteiger partial charge in [-0.1, -0.05) is 31.2 Å². The molecule has 0 fully saturated rings. The number of sulfonamides is 1. The second kappa shape index (κ2) is 7.09. The number of rotatable bonds is 6. The van der Waals surface area contributed by atoms with Gasteiger partial charge in [-0.25, -0.2) is 8.42 Å². The summed E-state index contributed by atoms with van der Waals surface area (Å²) in [5.41, 5.74) is 0.799. The summed E-state index contributed by atoms with van der Waals surface area (Å²) in [5.74, 6) is -0.279. The molecule has 0 spiro atoms. The molecule has 0 heterocycles. The van der Waals surface area contributed by atoms with Gasteiger partial charge in [0.25, 0.3) is 15.9 Å². The van der Waals surface area contributed by atoms with E-state index in [9.17, 15) is 13.2 Å². The van der Waals surface area contributed by atoms with Crippen molar-refractivity contribution in [2.24, 2.45) is 0 Å². The summed E-state index contributed by atoms with van der Waals surface area (Å²) in [6.45, 7) is 2.50. The zero-order valence-electron chi connectivity index (χ0n) is 12.2. The first kappa shape index (κ1) is 16.0. The van der Waals surface area contributed by atoms with Gasteiger partial charge in [-0.05, 0) is 36.8 Å². The molecule has 0 unspecified atom stereocenters. The fourth-order valence-electron chi connectivity index (χ4n) is 1.87. The number of carbonyl (C=O) groups is 1. The average Bonchev–Trinajstić information content (AvgIpc) is 2.53. The zero-order chi connectivity index (χ0) is 16.0. The van der Waals surface area contributed by atoms with Crippen LogP contribution in [0.2, 0.25) is 0 Å². The van der Waals surface area contributed by atoms with Crippen molar-refractivity contribution in [3.8, 4) is 0 Å². The van der Waals surface area contributed by atoms with E-state index in [0.29, 0.717) is 17.8 Å². The van der Waals surface area contributed by atoms with Crippen LogP contribution in [0, 0.1) is 0 Å². The third-order valence-electron chi connectivity index (χ3n) is 2.97. The Labute approximate surface area is 130 Å². The minimum Gasteiger partial charge on any atom is -0.352 e. The Morgan fingerprint density at radius 2 is 1.77 bits per heavy atom. The summed E-state index contributed by atoms with van der Waals surface area (Å²) < 4.78 is 27.2. The standard InChI is InChI=1S/C16H18N2O3S/c1-2-11-17-16(19)13-7-6-10-15(12-13)22(20,21)18-14-8-4-3-5-9-14/h3-10,12,18H,2,11H2,1H3,(H,17,19). The van der Waals surface area contributed by atoms with Gasteiger partial charge in [0.2, 0.25) is 0 Å². The second-order valence-corrected chi connectivity index (χ2v) is 6.44. The van der Waals surface area contributed by atoms with Crippen molar-refractivity contribution in [2.45, 2.75) is 18.2 Å². The zero-order valence-corrected chi connectivity index (χ0v) is 13.1. The maximum atomic E-state index is 12.3. The summed E-state index contributed by atoms with van der Waals surface area (Å²) in [4.78, 5) is 12.0. The second-order valence-electron chi connectivity index (χ2n) is 4.76. The van der Waals surface area contributed by atoms with Crippen LogP contribution in [0.15, 0.2) is 59.5 Å². The minimum absolute atomic E-state index is 0.0560. The van der Waals surface area contributed by atoms with Crippen molar-refractivity contribution in [1.82, 2.24) is 5.32 Å². The lowest BCUT2D eigenvalue weighted by molar-refractivity contribution is 0.0953. The van der Waals surface area contributed by atoms with E-state index in [1.807, 2.05) is 6.92 Å². The fraction of sp³-hybridized carbons (Fsp3) is 0.188. The highest BCUT2D eigenvalue weighted by Gasteiger charge is 2.16. The first-order chi connectivity index (χ1) is 10.5. The summed E-state index contributed by atoms with van der Waals surface area (Å²) >= 11 is 0. The third-order valence-corrected chi connectivity index (χ3v) is 4.35. The van der Waals surface area contributed by atoms with E-state index in [0.717, 1.165) is 6.42 Å². The van der Waals surface area contributed by atoms with Crippen LogP contribution < -0.4 is 10.0 Å². The van der Waals surface area contributed by atoms with Crippen molar-refractivity contribution in [2.75, 3.05) is 11.3 Å².